The number of rotatable bonds is 2. The van der Waals surface area contributed by atoms with Gasteiger partial charge >= 0.3 is 6.18 Å². The van der Waals surface area contributed by atoms with Crippen LogP contribution in [0.2, 0.25) is 0 Å². The first-order valence-corrected chi connectivity index (χ1v) is 4.08. The van der Waals surface area contributed by atoms with Gasteiger partial charge in [-0.3, -0.25) is 4.79 Å². The molecule has 0 bridgehead atoms. The SMILES string of the molecule is NC(=O)[C@@H](O)c1c(F)cccc1C(F)(F)F. The molecule has 0 heterocycles. The standard InChI is InChI=1S/C9H7F4NO2/c10-5-3-1-2-4(9(11,12)13)6(5)7(15)8(14)16/h1-3,7,15H,(H2,14,16)/t7-/m0/s1. The molecule has 1 rings (SSSR count). The summed E-state index contributed by atoms with van der Waals surface area (Å²) in [6.07, 6.45) is -7.19. The summed E-state index contributed by atoms with van der Waals surface area (Å²) in [5, 5.41) is 9.11. The fourth-order valence-electron chi connectivity index (χ4n) is 1.20. The summed E-state index contributed by atoms with van der Waals surface area (Å²) >= 11 is 0. The van der Waals surface area contributed by atoms with Gasteiger partial charge in [0.1, 0.15) is 5.82 Å². The van der Waals surface area contributed by atoms with Crippen molar-refractivity contribution >= 4 is 5.91 Å². The summed E-state index contributed by atoms with van der Waals surface area (Å²) in [5.41, 5.74) is 2.06. The normalized spacial score (nSPS) is 13.6. The zero-order valence-corrected chi connectivity index (χ0v) is 7.75. The fourth-order valence-corrected chi connectivity index (χ4v) is 1.20. The molecule has 88 valence electrons. The van der Waals surface area contributed by atoms with Crippen LogP contribution in [0.15, 0.2) is 18.2 Å². The number of carbonyl (C=O) groups excluding carboxylic acids is 1. The van der Waals surface area contributed by atoms with E-state index in [0.29, 0.717) is 12.1 Å². The van der Waals surface area contributed by atoms with Crippen LogP contribution in [-0.4, -0.2) is 11.0 Å². The van der Waals surface area contributed by atoms with Crippen LogP contribution in [0.4, 0.5) is 17.6 Å². The summed E-state index contributed by atoms with van der Waals surface area (Å²) < 4.78 is 50.4. The summed E-state index contributed by atoms with van der Waals surface area (Å²) in [5.74, 6) is -2.78. The summed E-state index contributed by atoms with van der Waals surface area (Å²) in [7, 11) is 0. The van der Waals surface area contributed by atoms with Gasteiger partial charge in [-0.1, -0.05) is 6.07 Å². The number of alkyl halides is 3. The van der Waals surface area contributed by atoms with Crippen molar-refractivity contribution in [2.24, 2.45) is 5.73 Å². The summed E-state index contributed by atoms with van der Waals surface area (Å²) in [6.45, 7) is 0. The number of aliphatic hydroxyl groups is 1. The van der Waals surface area contributed by atoms with E-state index in [0.717, 1.165) is 6.07 Å². The quantitative estimate of drug-likeness (QED) is 0.763. The number of hydrogen-bond donors (Lipinski definition) is 2. The van der Waals surface area contributed by atoms with Crippen LogP contribution < -0.4 is 5.73 Å². The Labute approximate surface area is 87.5 Å². The van der Waals surface area contributed by atoms with Gasteiger partial charge < -0.3 is 10.8 Å². The number of amides is 1. The molecule has 7 heteroatoms. The lowest BCUT2D eigenvalue weighted by molar-refractivity contribution is -0.140. The van der Waals surface area contributed by atoms with Gasteiger partial charge in [-0.25, -0.2) is 4.39 Å². The molecule has 3 nitrogen and oxygen atoms in total. The van der Waals surface area contributed by atoms with Gasteiger partial charge in [0.2, 0.25) is 0 Å². The molecule has 0 fully saturated rings. The molecule has 0 aliphatic rings. The van der Waals surface area contributed by atoms with Crippen LogP contribution in [0.5, 0.6) is 0 Å². The Balaban J connectivity index is 3.41. The van der Waals surface area contributed by atoms with E-state index in [4.69, 9.17) is 5.11 Å². The van der Waals surface area contributed by atoms with Crippen molar-refractivity contribution in [3.8, 4) is 0 Å². The Morgan fingerprint density at radius 1 is 1.38 bits per heavy atom. The first-order chi connectivity index (χ1) is 7.25. The molecular weight excluding hydrogens is 230 g/mol. The monoisotopic (exact) mass is 237 g/mol. The Bertz CT molecular complexity index is 416. The zero-order chi connectivity index (χ0) is 12.5. The maximum atomic E-state index is 13.1. The number of carbonyl (C=O) groups is 1. The van der Waals surface area contributed by atoms with Crippen molar-refractivity contribution in [1.82, 2.24) is 0 Å². The highest BCUT2D eigenvalue weighted by Gasteiger charge is 2.37. The molecule has 0 saturated carbocycles. The van der Waals surface area contributed by atoms with Crippen molar-refractivity contribution in [3.05, 3.63) is 35.1 Å². The minimum Gasteiger partial charge on any atom is -0.378 e. The summed E-state index contributed by atoms with van der Waals surface area (Å²) in [6, 6.07) is 2.09. The summed E-state index contributed by atoms with van der Waals surface area (Å²) in [4.78, 5) is 10.6. The molecule has 16 heavy (non-hydrogen) atoms. The molecule has 3 N–H and O–H groups in total. The van der Waals surface area contributed by atoms with E-state index in [1.54, 1.807) is 0 Å². The van der Waals surface area contributed by atoms with Crippen molar-refractivity contribution in [1.29, 1.82) is 0 Å². The van der Waals surface area contributed by atoms with Crippen LogP contribution in [-0.2, 0) is 11.0 Å². The largest absolute Gasteiger partial charge is 0.416 e. The van der Waals surface area contributed by atoms with Gasteiger partial charge in [0, 0.05) is 5.56 Å². The zero-order valence-electron chi connectivity index (χ0n) is 7.75. The number of benzene rings is 1. The molecule has 0 unspecified atom stereocenters. The molecule has 0 aromatic heterocycles. The molecule has 1 aromatic carbocycles. The van der Waals surface area contributed by atoms with Crippen molar-refractivity contribution in [2.75, 3.05) is 0 Å². The Morgan fingerprint density at radius 3 is 2.38 bits per heavy atom. The lowest BCUT2D eigenvalue weighted by atomic mass is 10.0. The predicted molar refractivity (Wildman–Crippen MR) is 45.6 cm³/mol. The molecule has 0 saturated heterocycles. The Morgan fingerprint density at radius 2 is 1.94 bits per heavy atom. The van der Waals surface area contributed by atoms with E-state index >= 15 is 0 Å². The molecule has 1 aromatic rings. The Hall–Kier alpha value is -1.63. The van der Waals surface area contributed by atoms with Crippen LogP contribution in [0.3, 0.4) is 0 Å². The van der Waals surface area contributed by atoms with Gasteiger partial charge in [-0.15, -0.1) is 0 Å². The van der Waals surface area contributed by atoms with E-state index in [1.165, 1.54) is 0 Å². The van der Waals surface area contributed by atoms with E-state index in [-0.39, 0.29) is 0 Å². The third-order valence-corrected chi connectivity index (χ3v) is 1.90. The number of nitrogens with two attached hydrogens (primary N) is 1. The number of halogens is 4. The smallest absolute Gasteiger partial charge is 0.378 e. The highest BCUT2D eigenvalue weighted by Crippen LogP contribution is 2.35. The molecular formula is C9H7F4NO2. The van der Waals surface area contributed by atoms with Crippen LogP contribution >= 0.6 is 0 Å². The topological polar surface area (TPSA) is 63.3 Å². The molecule has 1 atom stereocenters. The van der Waals surface area contributed by atoms with E-state index in [1.807, 2.05) is 0 Å². The lowest BCUT2D eigenvalue weighted by Gasteiger charge is -2.15. The minimum absolute atomic E-state index is 0.560. The van der Waals surface area contributed by atoms with Crippen molar-refractivity contribution < 1.29 is 27.5 Å². The third-order valence-electron chi connectivity index (χ3n) is 1.90. The first kappa shape index (κ1) is 12.4. The van der Waals surface area contributed by atoms with Crippen LogP contribution in [0.25, 0.3) is 0 Å². The maximum Gasteiger partial charge on any atom is 0.416 e. The number of aliphatic hydroxyl groups excluding tert-OH is 1. The second-order valence-corrected chi connectivity index (χ2v) is 3.00. The predicted octanol–water partition coefficient (Wildman–Crippen LogP) is 1.36. The van der Waals surface area contributed by atoms with E-state index in [9.17, 15) is 22.4 Å². The van der Waals surface area contributed by atoms with Crippen LogP contribution in [0, 0.1) is 5.82 Å². The van der Waals surface area contributed by atoms with Gasteiger partial charge in [-0.2, -0.15) is 13.2 Å². The fraction of sp³-hybridized carbons (Fsp3) is 0.222. The second kappa shape index (κ2) is 4.09. The maximum absolute atomic E-state index is 13.1. The Kier molecular flexibility index (Phi) is 3.18. The highest BCUT2D eigenvalue weighted by molar-refractivity contribution is 5.80. The van der Waals surface area contributed by atoms with Crippen molar-refractivity contribution in [3.63, 3.8) is 0 Å². The second-order valence-electron chi connectivity index (χ2n) is 3.00. The molecule has 0 aliphatic carbocycles. The van der Waals surface area contributed by atoms with Gasteiger partial charge in [-0.05, 0) is 12.1 Å². The first-order valence-electron chi connectivity index (χ1n) is 4.08. The minimum atomic E-state index is -4.87. The number of primary amides is 1. The highest BCUT2D eigenvalue weighted by atomic mass is 19.4. The van der Waals surface area contributed by atoms with Crippen LogP contribution in [0.1, 0.15) is 17.2 Å². The third kappa shape index (κ3) is 2.30. The lowest BCUT2D eigenvalue weighted by Crippen LogP contribution is -2.25. The van der Waals surface area contributed by atoms with Gasteiger partial charge in [0.25, 0.3) is 5.91 Å². The molecule has 1 amide bonds. The number of hydrogen-bond acceptors (Lipinski definition) is 2. The van der Waals surface area contributed by atoms with Gasteiger partial charge in [0.05, 0.1) is 5.56 Å². The van der Waals surface area contributed by atoms with Gasteiger partial charge in [0.15, 0.2) is 6.10 Å². The van der Waals surface area contributed by atoms with Crippen molar-refractivity contribution in [2.45, 2.75) is 12.3 Å². The molecule has 0 aliphatic heterocycles. The average molecular weight is 237 g/mol. The van der Waals surface area contributed by atoms with E-state index < -0.39 is 35.1 Å². The van der Waals surface area contributed by atoms with E-state index in [2.05, 4.69) is 5.73 Å². The average Bonchev–Trinajstić information content (AvgIpc) is 2.14. The molecule has 0 radical (unpaired) electrons. The molecule has 0 spiro atoms.